The number of aryl methyl sites for hydroxylation is 1. The number of hydrogen-bond acceptors (Lipinski definition) is 4. The smallest absolute Gasteiger partial charge is 0.180 e. The Hall–Kier alpha value is -1.49. The lowest BCUT2D eigenvalue weighted by Gasteiger charge is -2.06. The molecule has 5 heteroatoms. The van der Waals surface area contributed by atoms with Crippen molar-refractivity contribution < 1.29 is 0 Å². The highest BCUT2D eigenvalue weighted by Gasteiger charge is 2.07. The van der Waals surface area contributed by atoms with Gasteiger partial charge in [-0.05, 0) is 47.5 Å². The number of anilines is 1. The van der Waals surface area contributed by atoms with Gasteiger partial charge in [-0.15, -0.1) is 0 Å². The van der Waals surface area contributed by atoms with Crippen LogP contribution in [0.4, 0.5) is 5.82 Å². The average molecular weight is 293 g/mol. The van der Waals surface area contributed by atoms with Gasteiger partial charge in [-0.3, -0.25) is 4.98 Å². The largest absolute Gasteiger partial charge is 0.369 e. The number of hydrogen-bond donors (Lipinski definition) is 1. The Morgan fingerprint density at radius 1 is 1.35 bits per heavy atom. The summed E-state index contributed by atoms with van der Waals surface area (Å²) in [5.41, 5.74) is 1.93. The third-order valence-electron chi connectivity index (χ3n) is 2.23. The molecule has 0 atom stereocenters. The first-order valence-electron chi connectivity index (χ1n) is 5.40. The lowest BCUT2D eigenvalue weighted by molar-refractivity contribution is 1.09. The average Bonchev–Trinajstić information content (AvgIpc) is 2.32. The molecule has 0 bridgehead atoms. The van der Waals surface area contributed by atoms with Gasteiger partial charge in [0.15, 0.2) is 5.82 Å². The highest BCUT2D eigenvalue weighted by Crippen LogP contribution is 2.22. The van der Waals surface area contributed by atoms with Gasteiger partial charge in [0, 0.05) is 18.9 Å². The van der Waals surface area contributed by atoms with E-state index in [0.717, 1.165) is 28.1 Å². The zero-order valence-corrected chi connectivity index (χ0v) is 11.3. The van der Waals surface area contributed by atoms with Crippen molar-refractivity contribution in [3.8, 4) is 11.5 Å². The summed E-state index contributed by atoms with van der Waals surface area (Å²) in [4.78, 5) is 13.0. The Balaban J connectivity index is 2.42. The highest BCUT2D eigenvalue weighted by molar-refractivity contribution is 9.10. The van der Waals surface area contributed by atoms with Crippen LogP contribution in [0.15, 0.2) is 29.0 Å². The fourth-order valence-electron chi connectivity index (χ4n) is 1.44. The molecule has 0 fully saturated rings. The Kier molecular flexibility index (Phi) is 3.68. The van der Waals surface area contributed by atoms with E-state index in [1.165, 1.54) is 0 Å². The molecule has 0 spiro atoms. The molecule has 0 aliphatic carbocycles. The van der Waals surface area contributed by atoms with Gasteiger partial charge >= 0.3 is 0 Å². The molecule has 4 nitrogen and oxygen atoms in total. The van der Waals surface area contributed by atoms with Crippen LogP contribution < -0.4 is 5.32 Å². The summed E-state index contributed by atoms with van der Waals surface area (Å²) in [6.07, 6.45) is 3.51. The van der Waals surface area contributed by atoms with Crippen LogP contribution in [-0.4, -0.2) is 21.5 Å². The first-order chi connectivity index (χ1) is 8.20. The molecule has 0 saturated carbocycles. The molecule has 0 aliphatic heterocycles. The van der Waals surface area contributed by atoms with E-state index >= 15 is 0 Å². The second-order valence-corrected chi connectivity index (χ2v) is 4.49. The molecule has 0 aromatic carbocycles. The minimum atomic E-state index is 0.632. The van der Waals surface area contributed by atoms with E-state index < -0.39 is 0 Å². The number of nitrogens with zero attached hydrogens (tertiary/aromatic N) is 3. The highest BCUT2D eigenvalue weighted by atomic mass is 79.9. The van der Waals surface area contributed by atoms with Gasteiger partial charge in [0.1, 0.15) is 11.5 Å². The van der Waals surface area contributed by atoms with Gasteiger partial charge in [0.05, 0.1) is 4.47 Å². The number of halogens is 1. The van der Waals surface area contributed by atoms with Crippen molar-refractivity contribution in [1.29, 1.82) is 0 Å². The number of rotatable bonds is 3. The molecular weight excluding hydrogens is 280 g/mol. The Morgan fingerprint density at radius 3 is 2.88 bits per heavy atom. The van der Waals surface area contributed by atoms with Crippen molar-refractivity contribution in [2.75, 3.05) is 11.9 Å². The van der Waals surface area contributed by atoms with Gasteiger partial charge in [-0.25, -0.2) is 9.97 Å². The van der Waals surface area contributed by atoms with Crippen LogP contribution in [-0.2, 0) is 0 Å². The van der Waals surface area contributed by atoms with Crippen molar-refractivity contribution in [1.82, 2.24) is 15.0 Å². The number of nitrogens with one attached hydrogen (secondary N) is 1. The summed E-state index contributed by atoms with van der Waals surface area (Å²) in [7, 11) is 0. The molecule has 2 aromatic rings. The molecule has 0 radical (unpaired) electrons. The molecule has 1 N–H and O–H groups in total. The van der Waals surface area contributed by atoms with E-state index in [1.54, 1.807) is 12.4 Å². The van der Waals surface area contributed by atoms with Crippen LogP contribution in [0.5, 0.6) is 0 Å². The third kappa shape index (κ3) is 2.79. The molecule has 2 heterocycles. The monoisotopic (exact) mass is 292 g/mol. The molecule has 2 aromatic heterocycles. The van der Waals surface area contributed by atoms with Crippen LogP contribution in [0.2, 0.25) is 0 Å². The molecule has 0 amide bonds. The molecule has 0 aliphatic rings. The van der Waals surface area contributed by atoms with Crippen molar-refractivity contribution in [2.24, 2.45) is 0 Å². The van der Waals surface area contributed by atoms with Gasteiger partial charge in [-0.2, -0.15) is 0 Å². The van der Waals surface area contributed by atoms with E-state index in [2.05, 4.69) is 36.2 Å². The minimum Gasteiger partial charge on any atom is -0.369 e. The molecule has 17 heavy (non-hydrogen) atoms. The maximum atomic E-state index is 4.44. The normalized spacial score (nSPS) is 10.3. The summed E-state index contributed by atoms with van der Waals surface area (Å²) < 4.78 is 0.857. The van der Waals surface area contributed by atoms with Gasteiger partial charge in [-0.1, -0.05) is 0 Å². The molecule has 0 saturated heterocycles. The molecule has 88 valence electrons. The Morgan fingerprint density at radius 2 is 2.18 bits per heavy atom. The fourth-order valence-corrected chi connectivity index (χ4v) is 1.77. The minimum absolute atomic E-state index is 0.632. The van der Waals surface area contributed by atoms with Gasteiger partial charge < -0.3 is 5.32 Å². The van der Waals surface area contributed by atoms with E-state index in [4.69, 9.17) is 0 Å². The Labute approximate surface area is 109 Å². The first-order valence-corrected chi connectivity index (χ1v) is 6.19. The number of aromatic nitrogens is 3. The first kappa shape index (κ1) is 12.0. The zero-order valence-electron chi connectivity index (χ0n) is 9.74. The fraction of sp³-hybridized carbons (Fsp3) is 0.250. The van der Waals surface area contributed by atoms with E-state index in [1.807, 2.05) is 26.0 Å². The van der Waals surface area contributed by atoms with Crippen LogP contribution in [0.25, 0.3) is 11.5 Å². The summed E-state index contributed by atoms with van der Waals surface area (Å²) in [6.45, 7) is 4.87. The van der Waals surface area contributed by atoms with Crippen LogP contribution in [0, 0.1) is 6.92 Å². The van der Waals surface area contributed by atoms with Gasteiger partial charge in [0.2, 0.25) is 0 Å². The van der Waals surface area contributed by atoms with Crippen molar-refractivity contribution in [3.63, 3.8) is 0 Å². The zero-order chi connectivity index (χ0) is 12.3. The lowest BCUT2D eigenvalue weighted by Crippen LogP contribution is -2.02. The second-order valence-electron chi connectivity index (χ2n) is 3.64. The number of pyridine rings is 1. The predicted octanol–water partition coefficient (Wildman–Crippen LogP) is 3.04. The quantitative estimate of drug-likeness (QED) is 0.945. The summed E-state index contributed by atoms with van der Waals surface area (Å²) >= 11 is 3.41. The van der Waals surface area contributed by atoms with Gasteiger partial charge in [0.25, 0.3) is 0 Å². The van der Waals surface area contributed by atoms with Crippen molar-refractivity contribution in [2.45, 2.75) is 13.8 Å². The van der Waals surface area contributed by atoms with Crippen LogP contribution in [0.1, 0.15) is 12.5 Å². The van der Waals surface area contributed by atoms with E-state index in [-0.39, 0.29) is 0 Å². The third-order valence-corrected chi connectivity index (χ3v) is 2.81. The standard InChI is InChI=1S/C12H13BrN4/c1-3-14-11-9(13)7-16-12(17-11)10-6-8(2)4-5-15-10/h4-7H,3H2,1-2H3,(H,14,16,17). The SMILES string of the molecule is CCNc1nc(-c2cc(C)ccn2)ncc1Br. The summed E-state index contributed by atoms with van der Waals surface area (Å²) in [6, 6.07) is 3.92. The predicted molar refractivity (Wildman–Crippen MR) is 71.9 cm³/mol. The van der Waals surface area contributed by atoms with E-state index in [0.29, 0.717) is 5.82 Å². The maximum absolute atomic E-state index is 4.44. The van der Waals surface area contributed by atoms with E-state index in [9.17, 15) is 0 Å². The lowest BCUT2D eigenvalue weighted by atomic mass is 10.2. The molecule has 2 rings (SSSR count). The van der Waals surface area contributed by atoms with Crippen molar-refractivity contribution in [3.05, 3.63) is 34.6 Å². The summed E-state index contributed by atoms with van der Waals surface area (Å²) in [5.74, 6) is 1.42. The Bertz CT molecular complexity index is 528. The summed E-state index contributed by atoms with van der Waals surface area (Å²) in [5, 5.41) is 3.17. The van der Waals surface area contributed by atoms with Crippen LogP contribution in [0.3, 0.4) is 0 Å². The second kappa shape index (κ2) is 5.23. The topological polar surface area (TPSA) is 50.7 Å². The maximum Gasteiger partial charge on any atom is 0.180 e. The molecular formula is C12H13BrN4. The van der Waals surface area contributed by atoms with Crippen molar-refractivity contribution >= 4 is 21.7 Å². The molecule has 0 unspecified atom stereocenters. The van der Waals surface area contributed by atoms with Crippen LogP contribution >= 0.6 is 15.9 Å².